The van der Waals surface area contributed by atoms with Crippen LogP contribution in [-0.2, 0) is 0 Å². The van der Waals surface area contributed by atoms with Crippen molar-refractivity contribution in [3.63, 3.8) is 0 Å². The monoisotopic (exact) mass is 344 g/mol. The lowest BCUT2D eigenvalue weighted by Crippen LogP contribution is -2.37. The Morgan fingerprint density at radius 3 is 3.00 bits per heavy atom. The summed E-state index contributed by atoms with van der Waals surface area (Å²) in [5.74, 6) is -0.733. The van der Waals surface area contributed by atoms with Gasteiger partial charge >= 0.3 is 0 Å². The van der Waals surface area contributed by atoms with Crippen molar-refractivity contribution >= 4 is 5.91 Å². The van der Waals surface area contributed by atoms with Crippen LogP contribution in [0.3, 0.4) is 0 Å². The minimum Gasteiger partial charge on any atom is -0.477 e. The lowest BCUT2D eigenvalue weighted by molar-refractivity contribution is 0.0929. The van der Waals surface area contributed by atoms with Gasteiger partial charge in [0.15, 0.2) is 11.5 Å². The smallest absolute Gasteiger partial charge is 0.273 e. The molecule has 1 fully saturated rings. The zero-order valence-corrected chi connectivity index (χ0v) is 14.3. The third-order valence-electron chi connectivity index (χ3n) is 4.12. The van der Waals surface area contributed by atoms with Gasteiger partial charge in [0.05, 0.1) is 17.9 Å². The molecule has 0 spiro atoms. The summed E-state index contributed by atoms with van der Waals surface area (Å²) in [6.07, 6.45) is 2.46. The van der Waals surface area contributed by atoms with Crippen LogP contribution in [0.5, 0.6) is 5.88 Å². The Labute approximate surface area is 146 Å². The maximum atomic E-state index is 14.2. The highest BCUT2D eigenvalue weighted by atomic mass is 19.1. The lowest BCUT2D eigenvalue weighted by Gasteiger charge is -2.14. The van der Waals surface area contributed by atoms with E-state index >= 15 is 0 Å². The minimum atomic E-state index is -0.644. The van der Waals surface area contributed by atoms with Crippen molar-refractivity contribution < 1.29 is 13.9 Å². The highest BCUT2D eigenvalue weighted by Crippen LogP contribution is 2.27. The van der Waals surface area contributed by atoms with Crippen LogP contribution in [0, 0.1) is 5.82 Å². The summed E-state index contributed by atoms with van der Waals surface area (Å²) in [7, 11) is 1.99. The SMILES string of the molecule is CCOc1ncccc1-c1ccc(F)c(C(=O)N[C@@H]2CCN(C)C2)n1. The molecule has 1 amide bonds. The van der Waals surface area contributed by atoms with Gasteiger partial charge in [-0.15, -0.1) is 0 Å². The molecule has 0 aliphatic carbocycles. The van der Waals surface area contributed by atoms with Gasteiger partial charge in [-0.05, 0) is 51.2 Å². The molecule has 25 heavy (non-hydrogen) atoms. The summed E-state index contributed by atoms with van der Waals surface area (Å²) in [5.41, 5.74) is 0.865. The number of rotatable bonds is 5. The van der Waals surface area contributed by atoms with E-state index in [1.807, 2.05) is 14.0 Å². The number of carbonyl (C=O) groups is 1. The van der Waals surface area contributed by atoms with E-state index in [9.17, 15) is 9.18 Å². The lowest BCUT2D eigenvalue weighted by atomic mass is 10.1. The number of carbonyl (C=O) groups excluding carboxylic acids is 1. The number of hydrogen-bond donors (Lipinski definition) is 1. The van der Waals surface area contributed by atoms with Crippen LogP contribution >= 0.6 is 0 Å². The number of amides is 1. The van der Waals surface area contributed by atoms with E-state index < -0.39 is 11.7 Å². The van der Waals surface area contributed by atoms with E-state index in [4.69, 9.17) is 4.74 Å². The third kappa shape index (κ3) is 3.93. The van der Waals surface area contributed by atoms with Gasteiger partial charge in [0.25, 0.3) is 5.91 Å². The van der Waals surface area contributed by atoms with Crippen LogP contribution in [0.25, 0.3) is 11.3 Å². The van der Waals surface area contributed by atoms with Gasteiger partial charge in [-0.3, -0.25) is 4.79 Å². The average Bonchev–Trinajstić information content (AvgIpc) is 3.01. The van der Waals surface area contributed by atoms with E-state index in [1.165, 1.54) is 12.1 Å². The summed E-state index contributed by atoms with van der Waals surface area (Å²) < 4.78 is 19.6. The first-order valence-corrected chi connectivity index (χ1v) is 8.32. The third-order valence-corrected chi connectivity index (χ3v) is 4.12. The van der Waals surface area contributed by atoms with Gasteiger partial charge in [0.2, 0.25) is 5.88 Å². The maximum Gasteiger partial charge on any atom is 0.273 e. The molecule has 3 rings (SSSR count). The second kappa shape index (κ2) is 7.57. The Morgan fingerprint density at radius 2 is 2.28 bits per heavy atom. The van der Waals surface area contributed by atoms with Crippen molar-refractivity contribution in [1.82, 2.24) is 20.2 Å². The molecular formula is C18H21FN4O2. The van der Waals surface area contributed by atoms with Crippen LogP contribution in [0.15, 0.2) is 30.5 Å². The molecule has 0 bridgehead atoms. The molecule has 0 radical (unpaired) electrons. The summed E-state index contributed by atoms with van der Waals surface area (Å²) in [5, 5.41) is 2.85. The molecule has 7 heteroatoms. The fourth-order valence-electron chi connectivity index (χ4n) is 2.90. The van der Waals surface area contributed by atoms with Gasteiger partial charge in [-0.1, -0.05) is 0 Å². The van der Waals surface area contributed by atoms with E-state index in [2.05, 4.69) is 20.2 Å². The second-order valence-electron chi connectivity index (χ2n) is 6.04. The Balaban J connectivity index is 1.87. The first-order chi connectivity index (χ1) is 12.1. The van der Waals surface area contributed by atoms with Crippen molar-refractivity contribution in [3.8, 4) is 17.1 Å². The molecule has 0 aromatic carbocycles. The number of likely N-dealkylation sites (N-methyl/N-ethyl adjacent to an activating group) is 1. The van der Waals surface area contributed by atoms with Gasteiger partial charge in [0.1, 0.15) is 0 Å². The minimum absolute atomic E-state index is 0.0136. The predicted molar refractivity (Wildman–Crippen MR) is 92.0 cm³/mol. The molecule has 3 heterocycles. The number of hydrogen-bond acceptors (Lipinski definition) is 5. The molecule has 0 saturated carbocycles. The van der Waals surface area contributed by atoms with E-state index in [0.717, 1.165) is 19.5 Å². The second-order valence-corrected chi connectivity index (χ2v) is 6.04. The highest BCUT2D eigenvalue weighted by Gasteiger charge is 2.24. The fraction of sp³-hybridized carbons (Fsp3) is 0.389. The number of pyridine rings is 2. The van der Waals surface area contributed by atoms with Crippen molar-refractivity contribution in [3.05, 3.63) is 42.0 Å². The van der Waals surface area contributed by atoms with Crippen molar-refractivity contribution in [2.45, 2.75) is 19.4 Å². The largest absolute Gasteiger partial charge is 0.477 e. The van der Waals surface area contributed by atoms with Crippen molar-refractivity contribution in [1.29, 1.82) is 0 Å². The highest BCUT2D eigenvalue weighted by molar-refractivity contribution is 5.93. The molecule has 0 unspecified atom stereocenters. The van der Waals surface area contributed by atoms with Crippen LogP contribution < -0.4 is 10.1 Å². The van der Waals surface area contributed by atoms with Gasteiger partial charge in [-0.2, -0.15) is 0 Å². The first-order valence-electron chi connectivity index (χ1n) is 8.32. The molecule has 2 aromatic rings. The predicted octanol–water partition coefficient (Wildman–Crippen LogP) is 2.12. The Hall–Kier alpha value is -2.54. The van der Waals surface area contributed by atoms with Crippen LogP contribution in [-0.4, -0.2) is 53.6 Å². The van der Waals surface area contributed by atoms with E-state index in [-0.39, 0.29) is 11.7 Å². The van der Waals surface area contributed by atoms with E-state index in [1.54, 1.807) is 18.3 Å². The van der Waals surface area contributed by atoms with Crippen LogP contribution in [0.2, 0.25) is 0 Å². The summed E-state index contributed by atoms with van der Waals surface area (Å²) >= 11 is 0. The van der Waals surface area contributed by atoms with Gasteiger partial charge in [-0.25, -0.2) is 14.4 Å². The number of halogens is 1. The molecule has 1 aliphatic rings. The zero-order valence-electron chi connectivity index (χ0n) is 14.3. The molecule has 132 valence electrons. The number of ether oxygens (including phenoxy) is 1. The fourth-order valence-corrected chi connectivity index (χ4v) is 2.90. The molecule has 6 nitrogen and oxygen atoms in total. The molecule has 1 saturated heterocycles. The average molecular weight is 344 g/mol. The maximum absolute atomic E-state index is 14.2. The summed E-state index contributed by atoms with van der Waals surface area (Å²) in [6, 6.07) is 6.32. The molecule has 1 aliphatic heterocycles. The van der Waals surface area contributed by atoms with Crippen molar-refractivity contribution in [2.75, 3.05) is 26.7 Å². The standard InChI is InChI=1S/C18H21FN4O2/c1-3-25-18-13(5-4-9-20-18)15-7-6-14(19)16(22-15)17(24)21-12-8-10-23(2)11-12/h4-7,9,12H,3,8,10-11H2,1-2H3,(H,21,24)/t12-/m1/s1. The number of aromatic nitrogens is 2. The normalized spacial score (nSPS) is 17.5. The summed E-state index contributed by atoms with van der Waals surface area (Å²) in [6.45, 7) is 3.97. The summed E-state index contributed by atoms with van der Waals surface area (Å²) in [4.78, 5) is 23.0. The Bertz CT molecular complexity index is 768. The molecule has 1 atom stereocenters. The van der Waals surface area contributed by atoms with Gasteiger partial charge in [0, 0.05) is 18.8 Å². The van der Waals surface area contributed by atoms with Gasteiger partial charge < -0.3 is 15.0 Å². The Morgan fingerprint density at radius 1 is 1.44 bits per heavy atom. The number of nitrogens with zero attached hydrogens (tertiary/aromatic N) is 3. The molecule has 2 aromatic heterocycles. The van der Waals surface area contributed by atoms with Crippen LogP contribution in [0.1, 0.15) is 23.8 Å². The first kappa shape index (κ1) is 17.3. The van der Waals surface area contributed by atoms with E-state index in [0.29, 0.717) is 23.7 Å². The molecular weight excluding hydrogens is 323 g/mol. The van der Waals surface area contributed by atoms with Crippen molar-refractivity contribution in [2.24, 2.45) is 0 Å². The number of nitrogens with one attached hydrogen (secondary N) is 1. The topological polar surface area (TPSA) is 67.3 Å². The number of likely N-dealkylation sites (tertiary alicyclic amines) is 1. The Kier molecular flexibility index (Phi) is 5.23. The quantitative estimate of drug-likeness (QED) is 0.900. The van der Waals surface area contributed by atoms with Crippen LogP contribution in [0.4, 0.5) is 4.39 Å². The molecule has 1 N–H and O–H groups in total. The zero-order chi connectivity index (χ0) is 17.8.